The molecule has 122 valence electrons. The molecule has 1 aromatic rings. The van der Waals surface area contributed by atoms with Crippen molar-refractivity contribution in [3.05, 3.63) is 21.9 Å². The molecule has 0 saturated carbocycles. The SMILES string of the molecule is Cc1ccsc1CCC(=O)N1C2CCC1CC(S(C)(=O)=O)C2. The number of piperidine rings is 1. The number of nitrogens with zero attached hydrogens (tertiary/aromatic N) is 1. The average molecular weight is 341 g/mol. The van der Waals surface area contributed by atoms with Crippen molar-refractivity contribution < 1.29 is 13.2 Å². The molecule has 4 nitrogen and oxygen atoms in total. The van der Waals surface area contributed by atoms with E-state index in [0.717, 1.165) is 19.3 Å². The smallest absolute Gasteiger partial charge is 0.223 e. The van der Waals surface area contributed by atoms with Crippen molar-refractivity contribution in [3.63, 3.8) is 0 Å². The Bertz CT molecular complexity index is 651. The Kier molecular flexibility index (Phi) is 4.34. The van der Waals surface area contributed by atoms with Crippen molar-refractivity contribution in [1.29, 1.82) is 0 Å². The monoisotopic (exact) mass is 341 g/mol. The van der Waals surface area contributed by atoms with Crippen molar-refractivity contribution in [2.45, 2.75) is 62.8 Å². The highest BCUT2D eigenvalue weighted by Gasteiger charge is 2.45. The molecular formula is C16H23NO3S2. The van der Waals surface area contributed by atoms with Crippen LogP contribution in [-0.2, 0) is 21.1 Å². The molecule has 3 rings (SSSR count). The number of carbonyl (C=O) groups excluding carboxylic acids is 1. The number of carbonyl (C=O) groups is 1. The first kappa shape index (κ1) is 16.0. The highest BCUT2D eigenvalue weighted by Crippen LogP contribution is 2.38. The number of hydrogen-bond donors (Lipinski definition) is 0. The summed E-state index contributed by atoms with van der Waals surface area (Å²) in [5.74, 6) is 0.201. The summed E-state index contributed by atoms with van der Waals surface area (Å²) in [5.41, 5.74) is 1.26. The molecule has 0 aromatic carbocycles. The van der Waals surface area contributed by atoms with Crippen LogP contribution in [0.1, 0.15) is 42.5 Å². The van der Waals surface area contributed by atoms with Gasteiger partial charge in [-0.15, -0.1) is 11.3 Å². The molecule has 2 aliphatic heterocycles. The van der Waals surface area contributed by atoms with Crippen LogP contribution in [0, 0.1) is 6.92 Å². The van der Waals surface area contributed by atoms with Crippen LogP contribution in [0.5, 0.6) is 0 Å². The molecule has 0 aliphatic carbocycles. The minimum Gasteiger partial charge on any atom is -0.337 e. The van der Waals surface area contributed by atoms with Gasteiger partial charge >= 0.3 is 0 Å². The fourth-order valence-electron chi connectivity index (χ4n) is 3.89. The zero-order valence-corrected chi connectivity index (χ0v) is 14.8. The Labute approximate surface area is 136 Å². The molecule has 22 heavy (non-hydrogen) atoms. The molecule has 2 fully saturated rings. The van der Waals surface area contributed by atoms with E-state index >= 15 is 0 Å². The molecule has 2 saturated heterocycles. The maximum Gasteiger partial charge on any atom is 0.223 e. The first-order valence-electron chi connectivity index (χ1n) is 7.89. The highest BCUT2D eigenvalue weighted by molar-refractivity contribution is 7.91. The molecule has 2 bridgehead atoms. The quantitative estimate of drug-likeness (QED) is 0.846. The second-order valence-electron chi connectivity index (χ2n) is 6.64. The topological polar surface area (TPSA) is 54.5 Å². The van der Waals surface area contributed by atoms with Crippen molar-refractivity contribution in [2.75, 3.05) is 6.26 Å². The van der Waals surface area contributed by atoms with E-state index in [-0.39, 0.29) is 23.2 Å². The summed E-state index contributed by atoms with van der Waals surface area (Å²) in [6.45, 7) is 2.08. The van der Waals surface area contributed by atoms with E-state index in [2.05, 4.69) is 18.4 Å². The van der Waals surface area contributed by atoms with Gasteiger partial charge < -0.3 is 4.90 Å². The molecule has 2 aliphatic rings. The molecule has 2 atom stereocenters. The fourth-order valence-corrected chi connectivity index (χ4v) is 5.95. The predicted octanol–water partition coefficient (Wildman–Crippen LogP) is 2.56. The van der Waals surface area contributed by atoms with Gasteiger partial charge in [-0.05, 0) is 56.0 Å². The Balaban J connectivity index is 1.64. The van der Waals surface area contributed by atoms with Crippen LogP contribution in [0.4, 0.5) is 0 Å². The summed E-state index contributed by atoms with van der Waals surface area (Å²) < 4.78 is 23.6. The molecule has 0 spiro atoms. The fraction of sp³-hybridized carbons (Fsp3) is 0.688. The van der Waals surface area contributed by atoms with E-state index in [0.29, 0.717) is 19.3 Å². The van der Waals surface area contributed by atoms with Crippen LogP contribution in [-0.4, -0.2) is 42.8 Å². The summed E-state index contributed by atoms with van der Waals surface area (Å²) in [7, 11) is -2.99. The van der Waals surface area contributed by atoms with Crippen molar-refractivity contribution in [1.82, 2.24) is 4.90 Å². The molecular weight excluding hydrogens is 318 g/mol. The van der Waals surface area contributed by atoms with E-state index in [1.54, 1.807) is 11.3 Å². The van der Waals surface area contributed by atoms with Gasteiger partial charge in [0.25, 0.3) is 0 Å². The molecule has 6 heteroatoms. The van der Waals surface area contributed by atoms with E-state index in [9.17, 15) is 13.2 Å². The first-order valence-corrected chi connectivity index (χ1v) is 10.7. The maximum absolute atomic E-state index is 12.6. The largest absolute Gasteiger partial charge is 0.337 e. The average Bonchev–Trinajstić information content (AvgIpc) is 2.96. The third-order valence-electron chi connectivity index (χ3n) is 5.12. The lowest BCUT2D eigenvalue weighted by Gasteiger charge is -2.38. The molecule has 1 amide bonds. The van der Waals surface area contributed by atoms with Crippen LogP contribution in [0.15, 0.2) is 11.4 Å². The minimum atomic E-state index is -2.99. The summed E-state index contributed by atoms with van der Waals surface area (Å²) in [4.78, 5) is 15.9. The number of sulfone groups is 1. The lowest BCUT2D eigenvalue weighted by molar-refractivity contribution is -0.135. The molecule has 2 unspecified atom stereocenters. The number of fused-ring (bicyclic) bond motifs is 2. The molecule has 0 radical (unpaired) electrons. The normalized spacial score (nSPS) is 28.1. The van der Waals surface area contributed by atoms with Gasteiger partial charge in [0, 0.05) is 29.6 Å². The Morgan fingerprint density at radius 2 is 1.95 bits per heavy atom. The summed E-state index contributed by atoms with van der Waals surface area (Å²) in [6, 6.07) is 2.36. The summed E-state index contributed by atoms with van der Waals surface area (Å²) >= 11 is 1.71. The van der Waals surface area contributed by atoms with Gasteiger partial charge in [-0.2, -0.15) is 0 Å². The van der Waals surface area contributed by atoms with Crippen molar-refractivity contribution in [3.8, 4) is 0 Å². The predicted molar refractivity (Wildman–Crippen MR) is 88.9 cm³/mol. The second-order valence-corrected chi connectivity index (χ2v) is 9.96. The Morgan fingerprint density at radius 3 is 2.45 bits per heavy atom. The zero-order chi connectivity index (χ0) is 15.9. The van der Waals surface area contributed by atoms with Crippen LogP contribution in [0.3, 0.4) is 0 Å². The van der Waals surface area contributed by atoms with Gasteiger partial charge in [-0.1, -0.05) is 0 Å². The van der Waals surface area contributed by atoms with E-state index < -0.39 is 9.84 Å². The van der Waals surface area contributed by atoms with Crippen LogP contribution < -0.4 is 0 Å². The van der Waals surface area contributed by atoms with E-state index in [1.165, 1.54) is 16.7 Å². The third kappa shape index (κ3) is 3.08. The highest BCUT2D eigenvalue weighted by atomic mass is 32.2. The van der Waals surface area contributed by atoms with E-state index in [4.69, 9.17) is 0 Å². The number of hydrogen-bond acceptors (Lipinski definition) is 4. The van der Waals surface area contributed by atoms with Gasteiger partial charge in [0.1, 0.15) is 9.84 Å². The van der Waals surface area contributed by atoms with Gasteiger partial charge in [0.15, 0.2) is 0 Å². The van der Waals surface area contributed by atoms with Crippen molar-refractivity contribution in [2.24, 2.45) is 0 Å². The van der Waals surface area contributed by atoms with Crippen molar-refractivity contribution >= 4 is 27.1 Å². The van der Waals surface area contributed by atoms with Crippen LogP contribution >= 0.6 is 11.3 Å². The number of thiophene rings is 1. The standard InChI is InChI=1S/C16H23NO3S2/c1-11-7-8-21-15(11)5-6-16(18)17-12-3-4-13(17)10-14(9-12)22(2,19)20/h7-8,12-14H,3-6,9-10H2,1-2H3. The first-order chi connectivity index (χ1) is 10.4. The van der Waals surface area contributed by atoms with Crippen LogP contribution in [0.25, 0.3) is 0 Å². The van der Waals surface area contributed by atoms with E-state index in [1.807, 2.05) is 4.90 Å². The summed E-state index contributed by atoms with van der Waals surface area (Å²) in [5, 5.41) is 1.81. The Hall–Kier alpha value is -0.880. The Morgan fingerprint density at radius 1 is 1.32 bits per heavy atom. The number of aryl methyl sites for hydroxylation is 2. The third-order valence-corrected chi connectivity index (χ3v) is 7.80. The van der Waals surface area contributed by atoms with Crippen LogP contribution in [0.2, 0.25) is 0 Å². The second kappa shape index (κ2) is 5.96. The molecule has 1 aromatic heterocycles. The zero-order valence-electron chi connectivity index (χ0n) is 13.1. The summed E-state index contributed by atoms with van der Waals surface area (Å²) in [6.07, 6.45) is 5.83. The maximum atomic E-state index is 12.6. The molecule has 3 heterocycles. The van der Waals surface area contributed by atoms with Gasteiger partial charge in [-0.25, -0.2) is 8.42 Å². The molecule has 0 N–H and O–H groups in total. The number of rotatable bonds is 4. The lowest BCUT2D eigenvalue weighted by atomic mass is 10.0. The van der Waals surface area contributed by atoms with Gasteiger partial charge in [0.2, 0.25) is 5.91 Å². The number of amides is 1. The minimum absolute atomic E-state index is 0.135. The lowest BCUT2D eigenvalue weighted by Crippen LogP contribution is -2.49. The van der Waals surface area contributed by atoms with Gasteiger partial charge in [0.05, 0.1) is 5.25 Å². The van der Waals surface area contributed by atoms with Gasteiger partial charge in [-0.3, -0.25) is 4.79 Å².